The SMILES string of the molecule is Cc1sc(CN2CCC(CN)CC2)cc1Br. The predicted molar refractivity (Wildman–Crippen MR) is 73.8 cm³/mol. The van der Waals surface area contributed by atoms with Crippen molar-refractivity contribution in [3.05, 3.63) is 20.3 Å². The molecule has 0 amide bonds. The molecule has 2 rings (SSSR count). The maximum Gasteiger partial charge on any atom is 0.0328 e. The molecule has 0 aromatic carbocycles. The van der Waals surface area contributed by atoms with Crippen molar-refractivity contribution in [2.24, 2.45) is 11.7 Å². The Hall–Kier alpha value is 0.100. The minimum atomic E-state index is 0.757. The minimum absolute atomic E-state index is 0.757. The van der Waals surface area contributed by atoms with E-state index in [-0.39, 0.29) is 0 Å². The van der Waals surface area contributed by atoms with Crippen molar-refractivity contribution in [1.29, 1.82) is 0 Å². The molecule has 2 N–H and O–H groups in total. The monoisotopic (exact) mass is 302 g/mol. The number of nitrogens with zero attached hydrogens (tertiary/aromatic N) is 1. The van der Waals surface area contributed by atoms with Crippen LogP contribution in [0.1, 0.15) is 22.6 Å². The maximum absolute atomic E-state index is 5.70. The lowest BCUT2D eigenvalue weighted by molar-refractivity contribution is 0.182. The number of hydrogen-bond donors (Lipinski definition) is 1. The summed E-state index contributed by atoms with van der Waals surface area (Å²) in [5.74, 6) is 0.757. The summed E-state index contributed by atoms with van der Waals surface area (Å²) in [6.45, 7) is 6.54. The molecule has 1 aliphatic rings. The molecule has 90 valence electrons. The zero-order valence-electron chi connectivity index (χ0n) is 9.71. The molecule has 0 aliphatic carbocycles. The highest BCUT2D eigenvalue weighted by Gasteiger charge is 2.18. The topological polar surface area (TPSA) is 29.3 Å². The highest BCUT2D eigenvalue weighted by Crippen LogP contribution is 2.28. The first-order valence-electron chi connectivity index (χ1n) is 5.86. The maximum atomic E-state index is 5.70. The third kappa shape index (κ3) is 3.06. The Kier molecular flexibility index (Phi) is 4.41. The molecule has 2 heterocycles. The van der Waals surface area contributed by atoms with E-state index in [2.05, 4.69) is 33.8 Å². The number of aryl methyl sites for hydroxylation is 1. The fraction of sp³-hybridized carbons (Fsp3) is 0.667. The number of halogens is 1. The van der Waals surface area contributed by atoms with E-state index in [9.17, 15) is 0 Å². The van der Waals surface area contributed by atoms with E-state index < -0.39 is 0 Å². The normalized spacial score (nSPS) is 19.2. The molecule has 1 saturated heterocycles. The average Bonchev–Trinajstić information content (AvgIpc) is 2.59. The van der Waals surface area contributed by atoms with Gasteiger partial charge in [0.25, 0.3) is 0 Å². The van der Waals surface area contributed by atoms with Crippen LogP contribution in [0.15, 0.2) is 10.5 Å². The molecule has 1 aromatic heterocycles. The second kappa shape index (κ2) is 5.63. The van der Waals surface area contributed by atoms with Crippen molar-refractivity contribution in [1.82, 2.24) is 4.90 Å². The Balaban J connectivity index is 1.87. The van der Waals surface area contributed by atoms with Gasteiger partial charge in [-0.15, -0.1) is 11.3 Å². The number of piperidine rings is 1. The van der Waals surface area contributed by atoms with Crippen molar-refractivity contribution in [2.45, 2.75) is 26.3 Å². The molecule has 1 aliphatic heterocycles. The van der Waals surface area contributed by atoms with Crippen LogP contribution in [0.2, 0.25) is 0 Å². The van der Waals surface area contributed by atoms with E-state index in [0.29, 0.717) is 0 Å². The van der Waals surface area contributed by atoms with E-state index in [1.54, 1.807) is 0 Å². The Morgan fingerprint density at radius 1 is 1.50 bits per heavy atom. The van der Waals surface area contributed by atoms with Crippen LogP contribution < -0.4 is 5.73 Å². The van der Waals surface area contributed by atoms with Gasteiger partial charge in [0.1, 0.15) is 0 Å². The Labute approximate surface area is 110 Å². The summed E-state index contributed by atoms with van der Waals surface area (Å²) < 4.78 is 1.25. The molecule has 0 bridgehead atoms. The number of thiophene rings is 1. The summed E-state index contributed by atoms with van der Waals surface area (Å²) >= 11 is 5.48. The van der Waals surface area contributed by atoms with Crippen LogP contribution in [0.3, 0.4) is 0 Å². The summed E-state index contributed by atoms with van der Waals surface area (Å²) in [6, 6.07) is 2.26. The van der Waals surface area contributed by atoms with E-state index in [1.165, 1.54) is 40.2 Å². The van der Waals surface area contributed by atoms with Gasteiger partial charge in [-0.05, 0) is 67.3 Å². The Morgan fingerprint density at radius 2 is 2.19 bits per heavy atom. The van der Waals surface area contributed by atoms with Crippen molar-refractivity contribution >= 4 is 27.3 Å². The van der Waals surface area contributed by atoms with Gasteiger partial charge < -0.3 is 5.73 Å². The van der Waals surface area contributed by atoms with Crippen molar-refractivity contribution < 1.29 is 0 Å². The van der Waals surface area contributed by atoms with Crippen LogP contribution in [0.25, 0.3) is 0 Å². The number of hydrogen-bond acceptors (Lipinski definition) is 3. The molecule has 0 radical (unpaired) electrons. The second-order valence-electron chi connectivity index (χ2n) is 4.57. The first kappa shape index (κ1) is 12.6. The van der Waals surface area contributed by atoms with Crippen LogP contribution in [0.4, 0.5) is 0 Å². The van der Waals surface area contributed by atoms with Crippen LogP contribution in [0.5, 0.6) is 0 Å². The van der Waals surface area contributed by atoms with E-state index in [0.717, 1.165) is 19.0 Å². The van der Waals surface area contributed by atoms with Gasteiger partial charge in [-0.1, -0.05) is 0 Å². The number of likely N-dealkylation sites (tertiary alicyclic amines) is 1. The van der Waals surface area contributed by atoms with E-state index in [1.807, 2.05) is 11.3 Å². The quantitative estimate of drug-likeness (QED) is 0.930. The molecule has 1 aromatic rings. The summed E-state index contributed by atoms with van der Waals surface area (Å²) in [5.41, 5.74) is 5.70. The molecule has 0 spiro atoms. The second-order valence-corrected chi connectivity index (χ2v) is 6.77. The minimum Gasteiger partial charge on any atom is -0.330 e. The van der Waals surface area contributed by atoms with Crippen molar-refractivity contribution in [3.8, 4) is 0 Å². The van der Waals surface area contributed by atoms with Crippen LogP contribution in [-0.4, -0.2) is 24.5 Å². The van der Waals surface area contributed by atoms with Gasteiger partial charge in [-0.3, -0.25) is 4.90 Å². The Bertz CT molecular complexity index is 323. The van der Waals surface area contributed by atoms with Crippen LogP contribution in [0, 0.1) is 12.8 Å². The van der Waals surface area contributed by atoms with Crippen molar-refractivity contribution in [2.75, 3.05) is 19.6 Å². The fourth-order valence-corrected chi connectivity index (χ4v) is 3.84. The van der Waals surface area contributed by atoms with Gasteiger partial charge in [0.05, 0.1) is 0 Å². The van der Waals surface area contributed by atoms with E-state index >= 15 is 0 Å². The van der Waals surface area contributed by atoms with E-state index in [4.69, 9.17) is 5.73 Å². The largest absolute Gasteiger partial charge is 0.330 e. The molecule has 16 heavy (non-hydrogen) atoms. The molecule has 4 heteroatoms. The lowest BCUT2D eigenvalue weighted by atomic mass is 9.97. The van der Waals surface area contributed by atoms with Crippen LogP contribution in [-0.2, 0) is 6.54 Å². The summed E-state index contributed by atoms with van der Waals surface area (Å²) in [5, 5.41) is 0. The highest BCUT2D eigenvalue weighted by molar-refractivity contribution is 9.10. The molecule has 2 nitrogen and oxygen atoms in total. The zero-order valence-corrected chi connectivity index (χ0v) is 12.1. The van der Waals surface area contributed by atoms with Gasteiger partial charge in [0, 0.05) is 20.8 Å². The highest BCUT2D eigenvalue weighted by atomic mass is 79.9. The number of rotatable bonds is 3. The molecule has 1 fully saturated rings. The van der Waals surface area contributed by atoms with Gasteiger partial charge >= 0.3 is 0 Å². The first-order chi connectivity index (χ1) is 7.69. The fourth-order valence-electron chi connectivity index (χ4n) is 2.20. The lowest BCUT2D eigenvalue weighted by Gasteiger charge is -2.30. The third-order valence-electron chi connectivity index (χ3n) is 3.33. The van der Waals surface area contributed by atoms with Gasteiger partial charge in [0.15, 0.2) is 0 Å². The first-order valence-corrected chi connectivity index (χ1v) is 7.47. The number of nitrogens with two attached hydrogens (primary N) is 1. The summed E-state index contributed by atoms with van der Waals surface area (Å²) in [7, 11) is 0. The molecule has 0 unspecified atom stereocenters. The third-order valence-corrected chi connectivity index (χ3v) is 5.45. The average molecular weight is 303 g/mol. The zero-order chi connectivity index (χ0) is 11.5. The Morgan fingerprint density at radius 3 is 2.69 bits per heavy atom. The van der Waals surface area contributed by atoms with Gasteiger partial charge in [-0.25, -0.2) is 0 Å². The van der Waals surface area contributed by atoms with Gasteiger partial charge in [0.2, 0.25) is 0 Å². The molecular formula is C12H19BrN2S. The smallest absolute Gasteiger partial charge is 0.0328 e. The molecular weight excluding hydrogens is 284 g/mol. The predicted octanol–water partition coefficient (Wildman–Crippen LogP) is 2.99. The standard InChI is InChI=1S/C12H19BrN2S/c1-9-12(13)6-11(16-9)8-15-4-2-10(7-14)3-5-15/h6,10H,2-5,7-8,14H2,1H3. The molecule has 0 atom stereocenters. The summed E-state index contributed by atoms with van der Waals surface area (Å²) in [6.07, 6.45) is 2.53. The van der Waals surface area contributed by atoms with Gasteiger partial charge in [-0.2, -0.15) is 0 Å². The van der Waals surface area contributed by atoms with Crippen molar-refractivity contribution in [3.63, 3.8) is 0 Å². The lowest BCUT2D eigenvalue weighted by Crippen LogP contribution is -2.35. The van der Waals surface area contributed by atoms with Crippen LogP contribution >= 0.6 is 27.3 Å². The summed E-state index contributed by atoms with van der Waals surface area (Å²) in [4.78, 5) is 5.39. The molecule has 0 saturated carbocycles.